The van der Waals surface area contributed by atoms with Crippen LogP contribution in [0.25, 0.3) is 0 Å². The van der Waals surface area contributed by atoms with Gasteiger partial charge in [-0.2, -0.15) is 0 Å². The summed E-state index contributed by atoms with van der Waals surface area (Å²) in [5.41, 5.74) is 1.03. The van der Waals surface area contributed by atoms with E-state index in [9.17, 15) is 4.79 Å². The van der Waals surface area contributed by atoms with Crippen LogP contribution < -0.4 is 19.5 Å². The highest BCUT2D eigenvalue weighted by Gasteiger charge is 2.06. The number of benzene rings is 2. The highest BCUT2D eigenvalue weighted by molar-refractivity contribution is 5.76. The van der Waals surface area contributed by atoms with Gasteiger partial charge in [-0.05, 0) is 42.3 Å². The Hall–Kier alpha value is -2.69. The number of rotatable bonds is 9. The van der Waals surface area contributed by atoms with Gasteiger partial charge < -0.3 is 19.5 Å². The molecule has 0 bridgehead atoms. The van der Waals surface area contributed by atoms with Gasteiger partial charge in [0.15, 0.2) is 0 Å². The van der Waals surface area contributed by atoms with Gasteiger partial charge >= 0.3 is 0 Å². The molecule has 128 valence electrons. The fourth-order valence-electron chi connectivity index (χ4n) is 2.28. The summed E-state index contributed by atoms with van der Waals surface area (Å²) in [5.74, 6) is 2.35. The minimum Gasteiger partial charge on any atom is -0.497 e. The van der Waals surface area contributed by atoms with Crippen LogP contribution in [0.15, 0.2) is 48.5 Å². The Morgan fingerprint density at radius 1 is 0.958 bits per heavy atom. The van der Waals surface area contributed by atoms with Crippen LogP contribution >= 0.6 is 0 Å². The molecule has 0 aliphatic rings. The van der Waals surface area contributed by atoms with Gasteiger partial charge in [-0.1, -0.05) is 18.2 Å². The molecule has 5 nitrogen and oxygen atoms in total. The van der Waals surface area contributed by atoms with Crippen LogP contribution in [0.3, 0.4) is 0 Å². The summed E-state index contributed by atoms with van der Waals surface area (Å²) in [6, 6.07) is 15.1. The average molecular weight is 329 g/mol. The van der Waals surface area contributed by atoms with Crippen molar-refractivity contribution in [1.82, 2.24) is 5.32 Å². The van der Waals surface area contributed by atoms with E-state index < -0.39 is 0 Å². The Labute approximate surface area is 142 Å². The van der Waals surface area contributed by atoms with Crippen molar-refractivity contribution in [3.63, 3.8) is 0 Å². The minimum atomic E-state index is -0.000706. The number of hydrogen-bond donors (Lipinski definition) is 1. The molecule has 0 spiro atoms. The zero-order valence-electron chi connectivity index (χ0n) is 14.1. The molecule has 5 heteroatoms. The molecule has 0 aromatic heterocycles. The Bertz CT molecular complexity index is 640. The monoisotopic (exact) mass is 329 g/mol. The highest BCUT2D eigenvalue weighted by atomic mass is 16.5. The Balaban J connectivity index is 1.66. The first kappa shape index (κ1) is 17.7. The summed E-state index contributed by atoms with van der Waals surface area (Å²) in [7, 11) is 3.26. The van der Waals surface area contributed by atoms with E-state index in [0.717, 1.165) is 22.8 Å². The van der Waals surface area contributed by atoms with Gasteiger partial charge in [0.1, 0.15) is 23.9 Å². The maximum Gasteiger partial charge on any atom is 0.220 e. The van der Waals surface area contributed by atoms with Gasteiger partial charge in [-0.25, -0.2) is 0 Å². The number of carbonyl (C=O) groups is 1. The van der Waals surface area contributed by atoms with Crippen LogP contribution in [-0.2, 0) is 11.2 Å². The van der Waals surface area contributed by atoms with Crippen molar-refractivity contribution >= 4 is 5.91 Å². The molecule has 0 heterocycles. The zero-order valence-corrected chi connectivity index (χ0v) is 14.1. The zero-order chi connectivity index (χ0) is 17.2. The summed E-state index contributed by atoms with van der Waals surface area (Å²) in [6.45, 7) is 0.892. The van der Waals surface area contributed by atoms with Crippen molar-refractivity contribution in [1.29, 1.82) is 0 Å². The van der Waals surface area contributed by atoms with E-state index in [1.165, 1.54) is 0 Å². The summed E-state index contributed by atoms with van der Waals surface area (Å²) >= 11 is 0. The molecule has 1 N–H and O–H groups in total. The lowest BCUT2D eigenvalue weighted by atomic mass is 10.1. The smallest absolute Gasteiger partial charge is 0.220 e. The van der Waals surface area contributed by atoms with Crippen molar-refractivity contribution in [2.75, 3.05) is 27.4 Å². The molecule has 0 aliphatic carbocycles. The first-order valence-electron chi connectivity index (χ1n) is 7.88. The number of aryl methyl sites for hydroxylation is 1. The molecule has 2 aromatic carbocycles. The summed E-state index contributed by atoms with van der Waals surface area (Å²) in [5, 5.41) is 2.85. The molecular weight excluding hydrogens is 306 g/mol. The topological polar surface area (TPSA) is 56.8 Å². The van der Waals surface area contributed by atoms with Gasteiger partial charge in [0.25, 0.3) is 0 Å². The van der Waals surface area contributed by atoms with Crippen LogP contribution in [0.5, 0.6) is 17.2 Å². The number of nitrogens with one attached hydrogen (secondary N) is 1. The fraction of sp³-hybridized carbons (Fsp3) is 0.316. The van der Waals surface area contributed by atoms with E-state index in [1.54, 1.807) is 14.2 Å². The summed E-state index contributed by atoms with van der Waals surface area (Å²) in [6.07, 6.45) is 1.07. The Kier molecular flexibility index (Phi) is 6.95. The van der Waals surface area contributed by atoms with Crippen LogP contribution in [0, 0.1) is 0 Å². The maximum absolute atomic E-state index is 11.9. The van der Waals surface area contributed by atoms with E-state index in [1.807, 2.05) is 48.5 Å². The second-order valence-electron chi connectivity index (χ2n) is 5.19. The normalized spacial score (nSPS) is 10.1. The van der Waals surface area contributed by atoms with Crippen molar-refractivity contribution in [2.45, 2.75) is 12.8 Å². The molecule has 0 saturated carbocycles. The maximum atomic E-state index is 11.9. The number of carbonyl (C=O) groups excluding carboxylic acids is 1. The van der Waals surface area contributed by atoms with Crippen molar-refractivity contribution in [3.05, 3.63) is 54.1 Å². The summed E-state index contributed by atoms with van der Waals surface area (Å²) in [4.78, 5) is 11.9. The molecule has 0 aliphatic heterocycles. The largest absolute Gasteiger partial charge is 0.497 e. The molecule has 24 heavy (non-hydrogen) atoms. The van der Waals surface area contributed by atoms with Crippen molar-refractivity contribution in [2.24, 2.45) is 0 Å². The van der Waals surface area contributed by atoms with Crippen molar-refractivity contribution < 1.29 is 19.0 Å². The van der Waals surface area contributed by atoms with E-state index in [4.69, 9.17) is 14.2 Å². The molecule has 0 unspecified atom stereocenters. The van der Waals surface area contributed by atoms with Gasteiger partial charge in [-0.15, -0.1) is 0 Å². The minimum absolute atomic E-state index is 0.000706. The standard InChI is InChI=1S/C19H23NO4/c1-22-16-8-10-17(11-9-16)24-14-13-20-19(21)12-7-15-5-3-4-6-18(15)23-2/h3-6,8-11H,7,12-14H2,1-2H3,(H,20,21). The number of hydrogen-bond acceptors (Lipinski definition) is 4. The van der Waals surface area contributed by atoms with Crippen LogP contribution in [-0.4, -0.2) is 33.3 Å². The molecule has 2 aromatic rings. The second-order valence-corrected chi connectivity index (χ2v) is 5.19. The molecule has 2 rings (SSSR count). The third-order valence-electron chi connectivity index (χ3n) is 3.57. The number of para-hydroxylation sites is 1. The lowest BCUT2D eigenvalue weighted by Crippen LogP contribution is -2.28. The SMILES string of the molecule is COc1ccc(OCCNC(=O)CCc2ccccc2OC)cc1. The highest BCUT2D eigenvalue weighted by Crippen LogP contribution is 2.19. The number of ether oxygens (including phenoxy) is 3. The van der Waals surface area contributed by atoms with E-state index >= 15 is 0 Å². The second kappa shape index (κ2) is 9.45. The van der Waals surface area contributed by atoms with E-state index in [2.05, 4.69) is 5.32 Å². The number of amides is 1. The first-order valence-corrected chi connectivity index (χ1v) is 7.88. The molecule has 1 amide bonds. The first-order chi connectivity index (χ1) is 11.7. The van der Waals surface area contributed by atoms with E-state index in [-0.39, 0.29) is 5.91 Å². The molecule has 0 saturated heterocycles. The summed E-state index contributed by atoms with van der Waals surface area (Å²) < 4.78 is 15.9. The fourth-order valence-corrected chi connectivity index (χ4v) is 2.28. The van der Waals surface area contributed by atoms with Gasteiger partial charge in [0, 0.05) is 6.42 Å². The lowest BCUT2D eigenvalue weighted by Gasteiger charge is -2.10. The molecule has 0 radical (unpaired) electrons. The van der Waals surface area contributed by atoms with E-state index in [0.29, 0.717) is 26.0 Å². The van der Waals surface area contributed by atoms with Crippen molar-refractivity contribution in [3.8, 4) is 17.2 Å². The van der Waals surface area contributed by atoms with Crippen LogP contribution in [0.1, 0.15) is 12.0 Å². The predicted octanol–water partition coefficient (Wildman–Crippen LogP) is 2.83. The number of methoxy groups -OCH3 is 2. The van der Waals surface area contributed by atoms with Gasteiger partial charge in [-0.3, -0.25) is 4.79 Å². The van der Waals surface area contributed by atoms with Gasteiger partial charge in [0.05, 0.1) is 20.8 Å². The third kappa shape index (κ3) is 5.50. The molecular formula is C19H23NO4. The molecule has 0 fully saturated rings. The Morgan fingerprint density at radius 2 is 1.67 bits per heavy atom. The molecule has 0 atom stereocenters. The Morgan fingerprint density at radius 3 is 2.38 bits per heavy atom. The van der Waals surface area contributed by atoms with Gasteiger partial charge in [0.2, 0.25) is 5.91 Å². The lowest BCUT2D eigenvalue weighted by molar-refractivity contribution is -0.121. The predicted molar refractivity (Wildman–Crippen MR) is 92.8 cm³/mol. The quantitative estimate of drug-likeness (QED) is 0.719. The van der Waals surface area contributed by atoms with Crippen LogP contribution in [0.2, 0.25) is 0 Å². The third-order valence-corrected chi connectivity index (χ3v) is 3.57. The average Bonchev–Trinajstić information content (AvgIpc) is 2.64. The van der Waals surface area contributed by atoms with Crippen LogP contribution in [0.4, 0.5) is 0 Å².